The molecule has 0 bridgehead atoms. The molecule has 1 aliphatic rings. The van der Waals surface area contributed by atoms with E-state index in [1.165, 1.54) is 16.9 Å². The highest BCUT2D eigenvalue weighted by Gasteiger charge is 2.29. The summed E-state index contributed by atoms with van der Waals surface area (Å²) in [7, 11) is 0. The molecular weight excluding hydrogens is 446 g/mol. The molecule has 35 heavy (non-hydrogen) atoms. The van der Waals surface area contributed by atoms with Crippen LogP contribution in [0.4, 0.5) is 0 Å². The molecule has 0 aliphatic carbocycles. The highest BCUT2D eigenvalue weighted by Crippen LogP contribution is 2.28. The predicted molar refractivity (Wildman–Crippen MR) is 134 cm³/mol. The van der Waals surface area contributed by atoms with Crippen LogP contribution in [0.5, 0.6) is 0 Å². The van der Waals surface area contributed by atoms with Crippen molar-refractivity contribution in [1.29, 1.82) is 0 Å². The first-order chi connectivity index (χ1) is 16.9. The topological polar surface area (TPSA) is 111 Å². The zero-order chi connectivity index (χ0) is 25.1. The normalized spacial score (nSPS) is 18.3. The Bertz CT molecular complexity index is 1120. The van der Waals surface area contributed by atoms with Crippen molar-refractivity contribution in [1.82, 2.24) is 19.2 Å². The number of piperidine rings is 1. The molecule has 3 aromatic rings. The lowest BCUT2D eigenvalue weighted by molar-refractivity contribution is -0.674. The molecule has 0 radical (unpaired) electrons. The molecule has 0 saturated carbocycles. The van der Waals surface area contributed by atoms with Crippen molar-refractivity contribution in [3.63, 3.8) is 0 Å². The summed E-state index contributed by atoms with van der Waals surface area (Å²) in [5.74, 6) is 1.27. The monoisotopic (exact) mass is 486 g/mol. The second-order valence-corrected chi connectivity index (χ2v) is 9.62. The van der Waals surface area contributed by atoms with E-state index >= 15 is 0 Å². The predicted octanol–water partition coefficient (Wildman–Crippen LogP) is 1.24. The van der Waals surface area contributed by atoms with Gasteiger partial charge in [0.25, 0.3) is 5.82 Å². The number of hydrogen-bond acceptors (Lipinski definition) is 6. The van der Waals surface area contributed by atoms with Crippen LogP contribution in [0.15, 0.2) is 30.6 Å². The molecule has 4 N–H and O–H groups in total. The lowest BCUT2D eigenvalue weighted by Gasteiger charge is -2.34. The number of rotatable bonds is 10. The molecule has 3 unspecified atom stereocenters. The van der Waals surface area contributed by atoms with E-state index in [0.717, 1.165) is 50.1 Å². The van der Waals surface area contributed by atoms with Crippen molar-refractivity contribution in [2.75, 3.05) is 26.2 Å². The Morgan fingerprint density at radius 1 is 1.09 bits per heavy atom. The fraction of sp³-hybridized carbons (Fsp3) is 0.615. The van der Waals surface area contributed by atoms with E-state index in [4.69, 9.17) is 5.11 Å². The number of aliphatic hydroxyl groups is 4. The molecule has 1 fully saturated rings. The van der Waals surface area contributed by atoms with Crippen LogP contribution in [0.3, 0.4) is 0 Å². The molecule has 1 aliphatic heterocycles. The summed E-state index contributed by atoms with van der Waals surface area (Å²) in [5, 5.41) is 43.7. The van der Waals surface area contributed by atoms with Gasteiger partial charge in [-0.2, -0.15) is 5.10 Å². The zero-order valence-electron chi connectivity index (χ0n) is 21.1. The van der Waals surface area contributed by atoms with E-state index in [0.29, 0.717) is 6.54 Å². The van der Waals surface area contributed by atoms with Crippen molar-refractivity contribution in [3.8, 4) is 11.1 Å². The molecule has 0 spiro atoms. The summed E-state index contributed by atoms with van der Waals surface area (Å²) in [6.45, 7) is 10.1. The number of aryl methyl sites for hydroxylation is 2. The second-order valence-electron chi connectivity index (χ2n) is 9.62. The van der Waals surface area contributed by atoms with Crippen molar-refractivity contribution in [2.24, 2.45) is 0 Å². The number of imidazole rings is 1. The van der Waals surface area contributed by atoms with E-state index in [2.05, 4.69) is 69.0 Å². The second kappa shape index (κ2) is 11.2. The van der Waals surface area contributed by atoms with E-state index in [1.807, 2.05) is 6.20 Å². The van der Waals surface area contributed by atoms with Gasteiger partial charge in [0, 0.05) is 44.9 Å². The van der Waals surface area contributed by atoms with Crippen molar-refractivity contribution >= 4 is 11.0 Å². The lowest BCUT2D eigenvalue weighted by atomic mass is 10.0. The number of β-amino-alcohol motifs (C(OH)–C–C–N with tert-alkyl or cyclic N) is 1. The van der Waals surface area contributed by atoms with Crippen LogP contribution >= 0.6 is 0 Å². The van der Waals surface area contributed by atoms with Crippen LogP contribution in [0.1, 0.15) is 45.0 Å². The molecule has 1 saturated heterocycles. The summed E-state index contributed by atoms with van der Waals surface area (Å²) >= 11 is 0. The van der Waals surface area contributed by atoms with E-state index in [1.54, 1.807) is 0 Å². The minimum atomic E-state index is -1.25. The van der Waals surface area contributed by atoms with Crippen LogP contribution in [0.2, 0.25) is 0 Å². The third-order valence-electron chi connectivity index (χ3n) is 7.50. The van der Waals surface area contributed by atoms with Gasteiger partial charge >= 0.3 is 0 Å². The summed E-state index contributed by atoms with van der Waals surface area (Å²) in [6.07, 6.45) is 2.50. The Balaban J connectivity index is 1.41. The van der Waals surface area contributed by atoms with E-state index in [9.17, 15) is 15.3 Å². The first kappa shape index (κ1) is 25.8. The van der Waals surface area contributed by atoms with Gasteiger partial charge < -0.3 is 25.3 Å². The first-order valence-corrected chi connectivity index (χ1v) is 12.8. The van der Waals surface area contributed by atoms with Gasteiger partial charge in [-0.05, 0) is 56.9 Å². The summed E-state index contributed by atoms with van der Waals surface area (Å²) < 4.78 is 6.77. The Labute approximate surface area is 206 Å². The standard InChI is InChI=1S/C26H40N5O4/c1-4-29-18(3)30(5-2)23-14-19(6-7-22(23)29)20-15-27-31(16-20)21-8-11-28(12-9-21)17-25(34)26(35)24(33)10-13-32/h6-7,14-16,21,24-26,32-35H,4-5,8-13,17H2,1-3H3/q+1. The quantitative estimate of drug-likeness (QED) is 0.321. The molecule has 3 atom stereocenters. The van der Waals surface area contributed by atoms with Crippen LogP contribution in [0.25, 0.3) is 22.2 Å². The van der Waals surface area contributed by atoms with Gasteiger partial charge in [-0.25, -0.2) is 9.13 Å². The van der Waals surface area contributed by atoms with Gasteiger partial charge in [0.15, 0.2) is 11.0 Å². The van der Waals surface area contributed by atoms with Crippen LogP contribution < -0.4 is 4.57 Å². The van der Waals surface area contributed by atoms with Gasteiger partial charge in [-0.3, -0.25) is 4.68 Å². The van der Waals surface area contributed by atoms with Crippen molar-refractivity contribution in [3.05, 3.63) is 36.4 Å². The molecule has 1 aromatic carbocycles. The third kappa shape index (κ3) is 5.29. The maximum Gasteiger partial charge on any atom is 0.254 e. The maximum absolute atomic E-state index is 10.3. The lowest BCUT2D eigenvalue weighted by Crippen LogP contribution is -2.47. The van der Waals surface area contributed by atoms with Crippen LogP contribution in [0, 0.1) is 6.92 Å². The average Bonchev–Trinajstić information content (AvgIpc) is 3.45. The van der Waals surface area contributed by atoms with Gasteiger partial charge in [-0.15, -0.1) is 0 Å². The van der Waals surface area contributed by atoms with Gasteiger partial charge in [0.1, 0.15) is 6.10 Å². The van der Waals surface area contributed by atoms with Crippen molar-refractivity contribution in [2.45, 2.75) is 77.5 Å². The molecule has 9 heteroatoms. The maximum atomic E-state index is 10.3. The highest BCUT2D eigenvalue weighted by atomic mass is 16.4. The molecule has 9 nitrogen and oxygen atoms in total. The van der Waals surface area contributed by atoms with E-state index < -0.39 is 18.3 Å². The zero-order valence-corrected chi connectivity index (χ0v) is 21.1. The number of aromatic nitrogens is 4. The van der Waals surface area contributed by atoms with Crippen LogP contribution in [-0.4, -0.2) is 84.2 Å². The number of aliphatic hydroxyl groups excluding tert-OH is 4. The van der Waals surface area contributed by atoms with Gasteiger partial charge in [0.2, 0.25) is 0 Å². The molecule has 3 heterocycles. The van der Waals surface area contributed by atoms with E-state index in [-0.39, 0.29) is 19.1 Å². The number of nitrogens with zero attached hydrogens (tertiary/aromatic N) is 5. The first-order valence-electron chi connectivity index (χ1n) is 12.8. The fourth-order valence-electron chi connectivity index (χ4n) is 5.43. The summed E-state index contributed by atoms with van der Waals surface area (Å²) in [4.78, 5) is 2.11. The molecule has 192 valence electrons. The fourth-order valence-corrected chi connectivity index (χ4v) is 5.43. The number of hydrogen-bond donors (Lipinski definition) is 4. The largest absolute Gasteiger partial charge is 0.396 e. The van der Waals surface area contributed by atoms with Gasteiger partial charge in [0.05, 0.1) is 37.5 Å². The van der Waals surface area contributed by atoms with Crippen molar-refractivity contribution < 1.29 is 25.0 Å². The number of likely N-dealkylation sites (tertiary alicyclic amines) is 1. The Kier molecular flexibility index (Phi) is 8.23. The highest BCUT2D eigenvalue weighted by molar-refractivity contribution is 5.80. The minimum Gasteiger partial charge on any atom is -0.396 e. The smallest absolute Gasteiger partial charge is 0.254 e. The average molecular weight is 487 g/mol. The molecule has 0 amide bonds. The summed E-state index contributed by atoms with van der Waals surface area (Å²) in [5.41, 5.74) is 4.77. The van der Waals surface area contributed by atoms with Gasteiger partial charge in [-0.1, -0.05) is 0 Å². The molecular formula is C26H40N5O4+. The molecule has 2 aromatic heterocycles. The number of fused-ring (bicyclic) bond motifs is 1. The Morgan fingerprint density at radius 3 is 2.49 bits per heavy atom. The minimum absolute atomic E-state index is 0.0529. The Morgan fingerprint density at radius 2 is 1.83 bits per heavy atom. The Hall–Kier alpha value is -2.30. The third-order valence-corrected chi connectivity index (χ3v) is 7.50. The van der Waals surface area contributed by atoms with Crippen LogP contribution in [-0.2, 0) is 13.1 Å². The summed E-state index contributed by atoms with van der Waals surface area (Å²) in [6, 6.07) is 6.94. The molecule has 4 rings (SSSR count). The number of benzene rings is 1. The SMILES string of the molecule is CCn1c(C)[n+](CC)c2ccc(-c3cnn(C4CCN(CC(O)C(O)C(O)CCO)CC4)c3)cc21.